The maximum atomic E-state index is 12.1. The van der Waals surface area contributed by atoms with Crippen LogP contribution in [0.1, 0.15) is 40.0 Å². The van der Waals surface area contributed by atoms with Crippen molar-refractivity contribution >= 4 is 11.9 Å². The molecule has 18 heavy (non-hydrogen) atoms. The van der Waals surface area contributed by atoms with Gasteiger partial charge in [-0.2, -0.15) is 0 Å². The maximum Gasteiger partial charge on any atom is 0.326 e. The minimum Gasteiger partial charge on any atom is -0.480 e. The van der Waals surface area contributed by atoms with E-state index >= 15 is 0 Å². The predicted molar refractivity (Wildman–Crippen MR) is 69.3 cm³/mol. The van der Waals surface area contributed by atoms with Gasteiger partial charge in [0.05, 0.1) is 0 Å². The Balaban J connectivity index is 2.72. The van der Waals surface area contributed by atoms with Crippen LogP contribution in [-0.2, 0) is 9.59 Å². The Morgan fingerprint density at radius 3 is 2.67 bits per heavy atom. The molecule has 1 heterocycles. The van der Waals surface area contributed by atoms with Crippen LogP contribution in [0.15, 0.2) is 0 Å². The molecule has 0 saturated carbocycles. The Labute approximate surface area is 109 Å². The van der Waals surface area contributed by atoms with E-state index in [4.69, 9.17) is 0 Å². The number of nitrogens with one attached hydrogen (secondary N) is 1. The van der Waals surface area contributed by atoms with Crippen molar-refractivity contribution in [3.05, 3.63) is 0 Å². The fourth-order valence-electron chi connectivity index (χ4n) is 2.64. The molecule has 0 radical (unpaired) electrons. The zero-order valence-electron chi connectivity index (χ0n) is 11.5. The minimum absolute atomic E-state index is 0.0591. The summed E-state index contributed by atoms with van der Waals surface area (Å²) in [6, 6.07) is -0.694. The quantitative estimate of drug-likeness (QED) is 0.722. The molecule has 0 aromatic carbocycles. The van der Waals surface area contributed by atoms with Gasteiger partial charge in [0, 0.05) is 19.5 Å². The van der Waals surface area contributed by atoms with Crippen molar-refractivity contribution in [1.29, 1.82) is 0 Å². The van der Waals surface area contributed by atoms with Gasteiger partial charge in [-0.25, -0.2) is 4.79 Å². The average molecular weight is 256 g/mol. The van der Waals surface area contributed by atoms with E-state index in [2.05, 4.69) is 5.32 Å². The number of carbonyl (C=O) groups excluding carboxylic acids is 1. The fourth-order valence-corrected chi connectivity index (χ4v) is 2.64. The number of carboxylic acid groups (broad SMARTS) is 1. The second kappa shape index (κ2) is 6.18. The summed E-state index contributed by atoms with van der Waals surface area (Å²) < 4.78 is 0. The van der Waals surface area contributed by atoms with Gasteiger partial charge in [0.2, 0.25) is 5.91 Å². The fraction of sp³-hybridized carbons (Fsp3) is 0.846. The topological polar surface area (TPSA) is 69.6 Å². The molecule has 0 aromatic heterocycles. The molecule has 0 aliphatic carbocycles. The summed E-state index contributed by atoms with van der Waals surface area (Å²) in [5, 5.41) is 12.4. The van der Waals surface area contributed by atoms with Gasteiger partial charge >= 0.3 is 5.97 Å². The smallest absolute Gasteiger partial charge is 0.326 e. The van der Waals surface area contributed by atoms with Crippen molar-refractivity contribution in [2.45, 2.75) is 46.1 Å². The number of hydrogen-bond acceptors (Lipinski definition) is 3. The van der Waals surface area contributed by atoms with Crippen molar-refractivity contribution < 1.29 is 14.7 Å². The van der Waals surface area contributed by atoms with Gasteiger partial charge in [-0.15, -0.1) is 0 Å². The van der Waals surface area contributed by atoms with Crippen LogP contribution in [0.5, 0.6) is 0 Å². The number of carboxylic acids is 1. The first-order valence-corrected chi connectivity index (χ1v) is 6.63. The Morgan fingerprint density at radius 1 is 1.44 bits per heavy atom. The second-order valence-electron chi connectivity index (χ2n) is 5.52. The lowest BCUT2D eigenvalue weighted by atomic mass is 9.76. The molecule has 5 heteroatoms. The summed E-state index contributed by atoms with van der Waals surface area (Å²) in [6.45, 7) is 7.82. The minimum atomic E-state index is -0.892. The van der Waals surface area contributed by atoms with Crippen molar-refractivity contribution in [2.75, 3.05) is 19.6 Å². The van der Waals surface area contributed by atoms with Crippen LogP contribution in [-0.4, -0.2) is 47.6 Å². The molecule has 1 fully saturated rings. The largest absolute Gasteiger partial charge is 0.480 e. The first kappa shape index (κ1) is 15.0. The third kappa shape index (κ3) is 3.45. The summed E-state index contributed by atoms with van der Waals surface area (Å²) in [5.41, 5.74) is -0.349. The third-order valence-corrected chi connectivity index (χ3v) is 3.59. The van der Waals surface area contributed by atoms with Crippen LogP contribution in [0.4, 0.5) is 0 Å². The number of hydrogen-bond donors (Lipinski definition) is 2. The molecule has 1 aliphatic heterocycles. The summed E-state index contributed by atoms with van der Waals surface area (Å²) >= 11 is 0. The Hall–Kier alpha value is -1.10. The Morgan fingerprint density at radius 2 is 2.11 bits per heavy atom. The second-order valence-corrected chi connectivity index (χ2v) is 5.52. The van der Waals surface area contributed by atoms with E-state index in [1.54, 1.807) is 4.90 Å². The molecular weight excluding hydrogens is 232 g/mol. The monoisotopic (exact) mass is 256 g/mol. The van der Waals surface area contributed by atoms with E-state index in [9.17, 15) is 14.7 Å². The average Bonchev–Trinajstić information content (AvgIpc) is 2.26. The van der Waals surface area contributed by atoms with Crippen molar-refractivity contribution in [3.8, 4) is 0 Å². The van der Waals surface area contributed by atoms with E-state index in [1.807, 2.05) is 20.8 Å². The van der Waals surface area contributed by atoms with Crippen LogP contribution in [0, 0.1) is 5.41 Å². The van der Waals surface area contributed by atoms with E-state index in [0.717, 1.165) is 19.4 Å². The highest BCUT2D eigenvalue weighted by molar-refractivity contribution is 5.84. The van der Waals surface area contributed by atoms with Gasteiger partial charge < -0.3 is 15.3 Å². The number of likely N-dealkylation sites (tertiary alicyclic amines) is 1. The third-order valence-electron chi connectivity index (χ3n) is 3.59. The van der Waals surface area contributed by atoms with Crippen LogP contribution in [0.2, 0.25) is 0 Å². The first-order valence-electron chi connectivity index (χ1n) is 6.63. The number of piperidine rings is 1. The predicted octanol–water partition coefficient (Wildman–Crippen LogP) is 1.09. The molecular formula is C13H24N2O3. The number of carbonyl (C=O) groups is 2. The van der Waals surface area contributed by atoms with E-state index in [0.29, 0.717) is 19.5 Å². The van der Waals surface area contributed by atoms with Crippen molar-refractivity contribution in [1.82, 2.24) is 10.2 Å². The highest BCUT2D eigenvalue weighted by Crippen LogP contribution is 2.35. The number of nitrogens with zero attached hydrogens (tertiary/aromatic N) is 1. The van der Waals surface area contributed by atoms with Gasteiger partial charge in [0.15, 0.2) is 0 Å². The van der Waals surface area contributed by atoms with Crippen LogP contribution < -0.4 is 5.32 Å². The summed E-state index contributed by atoms with van der Waals surface area (Å²) in [4.78, 5) is 25.0. The Bertz CT molecular complexity index is 315. The maximum absolute atomic E-state index is 12.1. The molecule has 1 rings (SSSR count). The lowest BCUT2D eigenvalue weighted by Crippen LogP contribution is -2.56. The lowest BCUT2D eigenvalue weighted by molar-refractivity contribution is -0.158. The summed E-state index contributed by atoms with van der Waals surface area (Å²) in [5.74, 6) is -0.951. The highest BCUT2D eigenvalue weighted by atomic mass is 16.4. The highest BCUT2D eigenvalue weighted by Gasteiger charge is 2.44. The van der Waals surface area contributed by atoms with Gasteiger partial charge in [-0.3, -0.25) is 4.79 Å². The SMILES string of the molecule is CCNCCC(=O)N1CCCC(C)(C)C1C(=O)O. The summed E-state index contributed by atoms with van der Waals surface area (Å²) in [6.07, 6.45) is 2.10. The molecule has 1 atom stereocenters. The number of rotatable bonds is 5. The molecule has 1 aliphatic rings. The van der Waals surface area contributed by atoms with E-state index in [-0.39, 0.29) is 11.3 Å². The molecule has 1 amide bonds. The first-order chi connectivity index (χ1) is 8.40. The molecule has 0 spiro atoms. The molecule has 2 N–H and O–H groups in total. The van der Waals surface area contributed by atoms with Crippen molar-refractivity contribution in [3.63, 3.8) is 0 Å². The van der Waals surface area contributed by atoms with Gasteiger partial charge in [-0.05, 0) is 24.8 Å². The molecule has 5 nitrogen and oxygen atoms in total. The normalized spacial score (nSPS) is 22.8. The van der Waals surface area contributed by atoms with E-state index in [1.165, 1.54) is 0 Å². The Kier molecular flexibility index (Phi) is 5.14. The van der Waals surface area contributed by atoms with E-state index < -0.39 is 12.0 Å². The molecule has 1 saturated heterocycles. The van der Waals surface area contributed by atoms with Crippen molar-refractivity contribution in [2.24, 2.45) is 5.41 Å². The molecule has 0 aromatic rings. The standard InChI is InChI=1S/C13H24N2O3/c1-4-14-8-6-10(16)15-9-5-7-13(2,3)11(15)12(17)18/h11,14H,4-9H2,1-3H3,(H,17,18). The van der Waals surface area contributed by atoms with Crippen LogP contribution in [0.3, 0.4) is 0 Å². The van der Waals surface area contributed by atoms with Crippen LogP contribution in [0.25, 0.3) is 0 Å². The zero-order valence-corrected chi connectivity index (χ0v) is 11.5. The number of amides is 1. The zero-order chi connectivity index (χ0) is 13.8. The van der Waals surface area contributed by atoms with Gasteiger partial charge in [-0.1, -0.05) is 20.8 Å². The number of aliphatic carboxylic acids is 1. The molecule has 104 valence electrons. The molecule has 0 bridgehead atoms. The van der Waals surface area contributed by atoms with Crippen LogP contribution >= 0.6 is 0 Å². The summed E-state index contributed by atoms with van der Waals surface area (Å²) in [7, 11) is 0. The van der Waals surface area contributed by atoms with Gasteiger partial charge in [0.1, 0.15) is 6.04 Å². The lowest BCUT2D eigenvalue weighted by Gasteiger charge is -2.44. The van der Waals surface area contributed by atoms with Gasteiger partial charge in [0.25, 0.3) is 0 Å². The molecule has 1 unspecified atom stereocenters.